The Morgan fingerprint density at radius 2 is 1.70 bits per heavy atom. The van der Waals surface area contributed by atoms with Gasteiger partial charge in [0.1, 0.15) is 11.7 Å². The molecule has 0 spiro atoms. The summed E-state index contributed by atoms with van der Waals surface area (Å²) in [6.07, 6.45) is 3.20. The number of aliphatic imine (C=N–C) groups is 1. The van der Waals surface area contributed by atoms with Gasteiger partial charge < -0.3 is 14.8 Å². The van der Waals surface area contributed by atoms with Crippen molar-refractivity contribution in [2.45, 2.75) is 0 Å². The molecule has 1 aliphatic rings. The molecule has 2 heterocycles. The molecule has 0 radical (unpaired) electrons. The van der Waals surface area contributed by atoms with E-state index in [0.29, 0.717) is 37.5 Å². The maximum Gasteiger partial charge on any atom is 0.295 e. The topological polar surface area (TPSA) is 92.6 Å². The molecule has 8 heteroatoms. The molecule has 30 heavy (non-hydrogen) atoms. The van der Waals surface area contributed by atoms with Crippen molar-refractivity contribution in [2.75, 3.05) is 26.2 Å². The molecule has 1 N–H and O–H groups in total. The Balaban J connectivity index is 1.48. The molecule has 1 amide bonds. The maximum absolute atomic E-state index is 14.2. The fraction of sp³-hybridized carbons (Fsp3) is 0.182. The molecule has 0 bridgehead atoms. The number of nitrogens with one attached hydrogen (secondary N) is 1. The maximum atomic E-state index is 14.2. The first-order valence-electron chi connectivity index (χ1n) is 9.46. The number of nitrogens with zero attached hydrogens (tertiary/aromatic N) is 4. The number of benzene rings is 2. The Kier molecular flexibility index (Phi) is 5.26. The van der Waals surface area contributed by atoms with E-state index in [1.54, 1.807) is 6.07 Å². The number of Topliss-reactive ketones (excluding diaryl/α,β-unsaturated/α-hetero) is 1. The SMILES string of the molecule is N#C/N=C(\c1ccccc1)N1CCN(C(=O)C(=O)c2c[nH]c3cccc(F)c23)CC1. The van der Waals surface area contributed by atoms with E-state index in [0.717, 1.165) is 5.56 Å². The van der Waals surface area contributed by atoms with Gasteiger partial charge in [-0.25, -0.2) is 4.39 Å². The van der Waals surface area contributed by atoms with Crippen molar-refractivity contribution in [3.05, 3.63) is 71.7 Å². The highest BCUT2D eigenvalue weighted by molar-refractivity contribution is 6.44. The number of hydrogen-bond acceptors (Lipinski definition) is 4. The largest absolute Gasteiger partial charge is 0.360 e. The van der Waals surface area contributed by atoms with E-state index in [-0.39, 0.29) is 10.9 Å². The number of carbonyl (C=O) groups is 2. The fourth-order valence-electron chi connectivity index (χ4n) is 3.65. The molecule has 0 aliphatic carbocycles. The van der Waals surface area contributed by atoms with Crippen molar-refractivity contribution >= 4 is 28.4 Å². The molecule has 2 aromatic carbocycles. The smallest absolute Gasteiger partial charge is 0.295 e. The lowest BCUT2D eigenvalue weighted by Crippen LogP contribution is -2.52. The molecule has 1 aromatic heterocycles. The van der Waals surface area contributed by atoms with Gasteiger partial charge >= 0.3 is 0 Å². The summed E-state index contributed by atoms with van der Waals surface area (Å²) in [5.41, 5.74) is 1.31. The van der Waals surface area contributed by atoms with Gasteiger partial charge in [0.05, 0.1) is 5.56 Å². The second-order valence-electron chi connectivity index (χ2n) is 6.87. The quantitative estimate of drug-likeness (QED) is 0.239. The van der Waals surface area contributed by atoms with Gasteiger partial charge in [0.15, 0.2) is 0 Å². The number of fused-ring (bicyclic) bond motifs is 1. The van der Waals surface area contributed by atoms with Gasteiger partial charge in [0.2, 0.25) is 6.19 Å². The summed E-state index contributed by atoms with van der Waals surface area (Å²) in [6.45, 7) is 1.45. The molecule has 1 saturated heterocycles. The van der Waals surface area contributed by atoms with Crippen molar-refractivity contribution in [1.29, 1.82) is 5.26 Å². The highest BCUT2D eigenvalue weighted by Crippen LogP contribution is 2.22. The van der Waals surface area contributed by atoms with E-state index < -0.39 is 17.5 Å². The normalized spacial score (nSPS) is 14.6. The van der Waals surface area contributed by atoms with Gasteiger partial charge in [0.25, 0.3) is 11.7 Å². The molecule has 3 aromatic rings. The Morgan fingerprint density at radius 1 is 1.00 bits per heavy atom. The van der Waals surface area contributed by atoms with Gasteiger partial charge in [-0.1, -0.05) is 36.4 Å². The summed E-state index contributed by atoms with van der Waals surface area (Å²) in [5.74, 6) is -1.42. The summed E-state index contributed by atoms with van der Waals surface area (Å²) >= 11 is 0. The van der Waals surface area contributed by atoms with Crippen LogP contribution in [-0.2, 0) is 4.79 Å². The number of aromatic amines is 1. The zero-order valence-corrected chi connectivity index (χ0v) is 16.0. The van der Waals surface area contributed by atoms with E-state index in [2.05, 4.69) is 9.98 Å². The molecule has 1 fully saturated rings. The number of H-pyrrole nitrogens is 1. The lowest BCUT2D eigenvalue weighted by Gasteiger charge is -2.35. The second-order valence-corrected chi connectivity index (χ2v) is 6.87. The molecule has 1 aliphatic heterocycles. The number of hydrogen-bond donors (Lipinski definition) is 1. The molecular weight excluding hydrogens is 385 g/mol. The molecule has 0 atom stereocenters. The predicted molar refractivity (Wildman–Crippen MR) is 109 cm³/mol. The van der Waals surface area contributed by atoms with E-state index >= 15 is 0 Å². The predicted octanol–water partition coefficient (Wildman–Crippen LogP) is 2.56. The van der Waals surface area contributed by atoms with Crippen LogP contribution >= 0.6 is 0 Å². The third-order valence-electron chi connectivity index (χ3n) is 5.15. The number of amidine groups is 1. The minimum absolute atomic E-state index is 0.0338. The summed E-state index contributed by atoms with van der Waals surface area (Å²) in [5, 5.41) is 9.18. The van der Waals surface area contributed by atoms with Gasteiger partial charge in [-0.2, -0.15) is 10.3 Å². The fourth-order valence-corrected chi connectivity index (χ4v) is 3.65. The van der Waals surface area contributed by atoms with E-state index in [9.17, 15) is 14.0 Å². The van der Waals surface area contributed by atoms with Crippen molar-refractivity contribution in [1.82, 2.24) is 14.8 Å². The number of ketones is 1. The van der Waals surface area contributed by atoms with Crippen LogP contribution in [-0.4, -0.2) is 58.5 Å². The summed E-state index contributed by atoms with van der Waals surface area (Å²) in [6, 6.07) is 13.8. The van der Waals surface area contributed by atoms with Crippen LogP contribution in [0.25, 0.3) is 10.9 Å². The van der Waals surface area contributed by atoms with Gasteiger partial charge in [-0.3, -0.25) is 9.59 Å². The number of carbonyl (C=O) groups excluding carboxylic acids is 2. The van der Waals surface area contributed by atoms with Crippen LogP contribution in [0.1, 0.15) is 15.9 Å². The Morgan fingerprint density at radius 3 is 2.40 bits per heavy atom. The third kappa shape index (κ3) is 3.53. The van der Waals surface area contributed by atoms with E-state index in [1.807, 2.05) is 41.4 Å². The average molecular weight is 403 g/mol. The molecule has 0 unspecified atom stereocenters. The standard InChI is InChI=1S/C22H18FN5O2/c23-17-7-4-8-18-19(17)16(13-25-18)20(29)22(30)28-11-9-27(10-12-28)21(26-14-24)15-5-2-1-3-6-15/h1-8,13,25H,9-12H2/b26-21+. The van der Waals surface area contributed by atoms with Crippen molar-refractivity contribution in [2.24, 2.45) is 4.99 Å². The summed E-state index contributed by atoms with van der Waals surface area (Å²) in [4.78, 5) is 35.7. The molecule has 150 valence electrons. The minimum Gasteiger partial charge on any atom is -0.360 e. The van der Waals surface area contributed by atoms with Crippen LogP contribution in [0.5, 0.6) is 0 Å². The zero-order valence-electron chi connectivity index (χ0n) is 16.0. The number of rotatable bonds is 3. The van der Waals surface area contributed by atoms with Gasteiger partial charge in [0, 0.05) is 48.8 Å². The van der Waals surface area contributed by atoms with Crippen molar-refractivity contribution < 1.29 is 14.0 Å². The van der Waals surface area contributed by atoms with Crippen molar-refractivity contribution in [3.8, 4) is 6.19 Å². The number of nitriles is 1. The van der Waals surface area contributed by atoms with Crippen molar-refractivity contribution in [3.63, 3.8) is 0 Å². The van der Waals surface area contributed by atoms with E-state index in [4.69, 9.17) is 5.26 Å². The second kappa shape index (κ2) is 8.17. The Hall–Kier alpha value is -3.99. The van der Waals surface area contributed by atoms with Crippen LogP contribution in [0.3, 0.4) is 0 Å². The highest BCUT2D eigenvalue weighted by atomic mass is 19.1. The third-order valence-corrected chi connectivity index (χ3v) is 5.15. The minimum atomic E-state index is -0.742. The Bertz CT molecular complexity index is 1170. The first-order valence-corrected chi connectivity index (χ1v) is 9.46. The van der Waals surface area contributed by atoms with Gasteiger partial charge in [-0.15, -0.1) is 0 Å². The van der Waals surface area contributed by atoms with Crippen LogP contribution < -0.4 is 0 Å². The lowest BCUT2D eigenvalue weighted by atomic mass is 10.1. The number of halogens is 1. The number of piperazine rings is 1. The van der Waals surface area contributed by atoms with Crippen LogP contribution in [0.15, 0.2) is 59.7 Å². The van der Waals surface area contributed by atoms with Crippen LogP contribution in [0, 0.1) is 17.3 Å². The number of aromatic nitrogens is 1. The van der Waals surface area contributed by atoms with Crippen LogP contribution in [0.4, 0.5) is 4.39 Å². The molecule has 0 saturated carbocycles. The average Bonchev–Trinajstić information content (AvgIpc) is 3.23. The Labute approximate surface area is 172 Å². The summed E-state index contributed by atoms with van der Waals surface area (Å²) in [7, 11) is 0. The molecular formula is C22H18FN5O2. The highest BCUT2D eigenvalue weighted by Gasteiger charge is 2.30. The summed E-state index contributed by atoms with van der Waals surface area (Å²) < 4.78 is 14.2. The number of amides is 1. The first kappa shape index (κ1) is 19.3. The van der Waals surface area contributed by atoms with E-state index in [1.165, 1.54) is 23.2 Å². The molecule has 4 rings (SSSR count). The first-order chi connectivity index (χ1) is 14.6. The molecule has 7 nitrogen and oxygen atoms in total. The monoisotopic (exact) mass is 403 g/mol. The zero-order chi connectivity index (χ0) is 21.1. The lowest BCUT2D eigenvalue weighted by molar-refractivity contribution is -0.127. The van der Waals surface area contributed by atoms with Gasteiger partial charge in [-0.05, 0) is 12.1 Å². The van der Waals surface area contributed by atoms with Crippen LogP contribution in [0.2, 0.25) is 0 Å².